The highest BCUT2D eigenvalue weighted by Gasteiger charge is 2.25. The van der Waals surface area contributed by atoms with E-state index < -0.39 is 5.82 Å². The van der Waals surface area contributed by atoms with Gasteiger partial charge in [0.25, 0.3) is 0 Å². The van der Waals surface area contributed by atoms with Gasteiger partial charge in [-0.1, -0.05) is 11.6 Å². The van der Waals surface area contributed by atoms with Crippen LogP contribution in [0.1, 0.15) is 26.7 Å². The molecule has 1 fully saturated rings. The van der Waals surface area contributed by atoms with E-state index in [-0.39, 0.29) is 41.2 Å². The number of hydrogen-bond acceptors (Lipinski definition) is 3. The zero-order valence-electron chi connectivity index (χ0n) is 13.2. The van der Waals surface area contributed by atoms with Crippen molar-refractivity contribution in [3.63, 3.8) is 0 Å². The van der Waals surface area contributed by atoms with Crippen molar-refractivity contribution in [1.82, 2.24) is 10.2 Å². The van der Waals surface area contributed by atoms with Crippen LogP contribution in [0.5, 0.6) is 0 Å². The van der Waals surface area contributed by atoms with E-state index in [1.807, 2.05) is 18.7 Å². The van der Waals surface area contributed by atoms with Gasteiger partial charge in [0.15, 0.2) is 0 Å². The molecule has 23 heavy (non-hydrogen) atoms. The average molecular weight is 342 g/mol. The Morgan fingerprint density at radius 2 is 2.26 bits per heavy atom. The topological polar surface area (TPSA) is 61.4 Å². The number of amides is 2. The molecule has 2 rings (SSSR count). The summed E-state index contributed by atoms with van der Waals surface area (Å²) < 4.78 is 13.7. The molecule has 0 aromatic heterocycles. The van der Waals surface area contributed by atoms with Gasteiger partial charge >= 0.3 is 0 Å². The molecule has 2 N–H and O–H groups in total. The van der Waals surface area contributed by atoms with Gasteiger partial charge in [-0.15, -0.1) is 0 Å². The monoisotopic (exact) mass is 341 g/mol. The van der Waals surface area contributed by atoms with Crippen molar-refractivity contribution in [2.45, 2.75) is 38.8 Å². The smallest absolute Gasteiger partial charge is 0.238 e. The summed E-state index contributed by atoms with van der Waals surface area (Å²) in [6.45, 7) is 4.69. The molecule has 1 aliphatic rings. The van der Waals surface area contributed by atoms with Crippen LogP contribution in [0.4, 0.5) is 10.1 Å². The Bertz CT molecular complexity index is 595. The van der Waals surface area contributed by atoms with Gasteiger partial charge in [-0.2, -0.15) is 0 Å². The third-order valence-electron chi connectivity index (χ3n) is 3.82. The molecule has 5 nitrogen and oxygen atoms in total. The lowest BCUT2D eigenvalue weighted by molar-refractivity contribution is -0.119. The number of anilines is 1. The first-order chi connectivity index (χ1) is 10.8. The molecule has 0 saturated carbocycles. The predicted molar refractivity (Wildman–Crippen MR) is 87.9 cm³/mol. The Morgan fingerprint density at radius 1 is 1.52 bits per heavy atom. The standard InChI is InChI=1S/C16H21ClFN3O2/c1-10(2)21(8-12-4-6-15(22)19-12)9-16(23)20-14-5-3-11(17)7-13(14)18/h3,5,7,10,12H,4,6,8-9H2,1-2H3,(H,19,22)(H,20,23). The summed E-state index contributed by atoms with van der Waals surface area (Å²) in [5, 5.41) is 5.72. The van der Waals surface area contributed by atoms with E-state index in [4.69, 9.17) is 11.6 Å². The SMILES string of the molecule is CC(C)N(CC(=O)Nc1ccc(Cl)cc1F)CC1CCC(=O)N1. The fraction of sp³-hybridized carbons (Fsp3) is 0.500. The second-order valence-corrected chi connectivity index (χ2v) is 6.44. The Balaban J connectivity index is 1.93. The lowest BCUT2D eigenvalue weighted by Crippen LogP contribution is -2.45. The van der Waals surface area contributed by atoms with Gasteiger partial charge in [-0.25, -0.2) is 4.39 Å². The van der Waals surface area contributed by atoms with Crippen molar-refractivity contribution in [3.8, 4) is 0 Å². The number of halogens is 2. The van der Waals surface area contributed by atoms with Crippen LogP contribution in [-0.4, -0.2) is 41.9 Å². The highest BCUT2D eigenvalue weighted by atomic mass is 35.5. The number of nitrogens with one attached hydrogen (secondary N) is 2. The summed E-state index contributed by atoms with van der Waals surface area (Å²) >= 11 is 5.69. The van der Waals surface area contributed by atoms with Crippen LogP contribution >= 0.6 is 11.6 Å². The lowest BCUT2D eigenvalue weighted by Gasteiger charge is -2.28. The molecule has 1 heterocycles. The first-order valence-corrected chi connectivity index (χ1v) is 8.01. The lowest BCUT2D eigenvalue weighted by atomic mass is 10.2. The van der Waals surface area contributed by atoms with Crippen molar-refractivity contribution in [3.05, 3.63) is 29.0 Å². The fourth-order valence-corrected chi connectivity index (χ4v) is 2.68. The fourth-order valence-electron chi connectivity index (χ4n) is 2.52. The molecule has 0 spiro atoms. The number of carbonyl (C=O) groups excluding carboxylic acids is 2. The number of carbonyl (C=O) groups is 2. The molecule has 7 heteroatoms. The van der Waals surface area contributed by atoms with Crippen LogP contribution in [0.15, 0.2) is 18.2 Å². The summed E-state index contributed by atoms with van der Waals surface area (Å²) in [6.07, 6.45) is 1.30. The van der Waals surface area contributed by atoms with Gasteiger partial charge in [0.05, 0.1) is 12.2 Å². The molecular formula is C16H21ClFN3O2. The van der Waals surface area contributed by atoms with Crippen LogP contribution in [-0.2, 0) is 9.59 Å². The summed E-state index contributed by atoms with van der Waals surface area (Å²) in [5.41, 5.74) is 0.109. The summed E-state index contributed by atoms with van der Waals surface area (Å²) in [5.74, 6) is -0.819. The van der Waals surface area contributed by atoms with Crippen molar-refractivity contribution in [1.29, 1.82) is 0 Å². The largest absolute Gasteiger partial charge is 0.352 e. The van der Waals surface area contributed by atoms with Crippen LogP contribution in [0, 0.1) is 5.82 Å². The van der Waals surface area contributed by atoms with E-state index in [0.717, 1.165) is 12.5 Å². The summed E-state index contributed by atoms with van der Waals surface area (Å²) in [6, 6.07) is 4.31. The van der Waals surface area contributed by atoms with E-state index in [1.54, 1.807) is 0 Å². The molecule has 0 bridgehead atoms. The number of nitrogens with zero attached hydrogens (tertiary/aromatic N) is 1. The van der Waals surface area contributed by atoms with Crippen molar-refractivity contribution in [2.24, 2.45) is 0 Å². The molecule has 126 valence electrons. The van der Waals surface area contributed by atoms with E-state index in [0.29, 0.717) is 13.0 Å². The van der Waals surface area contributed by atoms with Crippen molar-refractivity contribution >= 4 is 29.1 Å². The molecule has 1 unspecified atom stereocenters. The number of hydrogen-bond donors (Lipinski definition) is 2. The minimum atomic E-state index is -0.565. The molecule has 0 radical (unpaired) electrons. The second kappa shape index (κ2) is 7.75. The third kappa shape index (κ3) is 5.18. The van der Waals surface area contributed by atoms with Gasteiger partial charge < -0.3 is 10.6 Å². The van der Waals surface area contributed by atoms with E-state index in [1.165, 1.54) is 12.1 Å². The summed E-state index contributed by atoms with van der Waals surface area (Å²) in [7, 11) is 0. The first kappa shape index (κ1) is 17.7. The maximum atomic E-state index is 13.7. The van der Waals surface area contributed by atoms with Gasteiger partial charge in [0.2, 0.25) is 11.8 Å². The zero-order chi connectivity index (χ0) is 17.0. The molecule has 1 aromatic rings. The first-order valence-electron chi connectivity index (χ1n) is 7.63. The maximum Gasteiger partial charge on any atom is 0.238 e. The van der Waals surface area contributed by atoms with E-state index in [2.05, 4.69) is 10.6 Å². The molecule has 0 aliphatic carbocycles. The van der Waals surface area contributed by atoms with Crippen molar-refractivity contribution < 1.29 is 14.0 Å². The highest BCUT2D eigenvalue weighted by Crippen LogP contribution is 2.19. The van der Waals surface area contributed by atoms with Crippen molar-refractivity contribution in [2.75, 3.05) is 18.4 Å². The Morgan fingerprint density at radius 3 is 2.83 bits per heavy atom. The highest BCUT2D eigenvalue weighted by molar-refractivity contribution is 6.30. The van der Waals surface area contributed by atoms with Crippen LogP contribution in [0.3, 0.4) is 0 Å². The van der Waals surface area contributed by atoms with Gasteiger partial charge in [-0.3, -0.25) is 14.5 Å². The van der Waals surface area contributed by atoms with E-state index in [9.17, 15) is 14.0 Å². The molecule has 1 aliphatic heterocycles. The molecular weight excluding hydrogens is 321 g/mol. The molecule has 1 aromatic carbocycles. The molecule has 1 atom stereocenters. The van der Waals surface area contributed by atoms with Crippen LogP contribution < -0.4 is 10.6 Å². The Kier molecular flexibility index (Phi) is 5.96. The molecule has 1 saturated heterocycles. The van der Waals surface area contributed by atoms with Gasteiger partial charge in [-0.05, 0) is 38.5 Å². The predicted octanol–water partition coefficient (Wildman–Crippen LogP) is 2.41. The second-order valence-electron chi connectivity index (χ2n) is 6.00. The minimum Gasteiger partial charge on any atom is -0.352 e. The quantitative estimate of drug-likeness (QED) is 0.835. The van der Waals surface area contributed by atoms with Crippen LogP contribution in [0.2, 0.25) is 5.02 Å². The summed E-state index contributed by atoms with van der Waals surface area (Å²) in [4.78, 5) is 25.4. The Labute approximate surface area is 140 Å². The normalized spacial score (nSPS) is 17.7. The average Bonchev–Trinajstić information content (AvgIpc) is 2.86. The van der Waals surface area contributed by atoms with E-state index >= 15 is 0 Å². The zero-order valence-corrected chi connectivity index (χ0v) is 14.0. The minimum absolute atomic E-state index is 0.0476. The van der Waals surface area contributed by atoms with Gasteiger partial charge in [0.1, 0.15) is 5.82 Å². The number of benzene rings is 1. The third-order valence-corrected chi connectivity index (χ3v) is 4.06. The Hall–Kier alpha value is -1.66. The molecule has 2 amide bonds. The maximum absolute atomic E-state index is 13.7. The number of rotatable bonds is 6. The van der Waals surface area contributed by atoms with Crippen LogP contribution in [0.25, 0.3) is 0 Å². The van der Waals surface area contributed by atoms with Gasteiger partial charge in [0, 0.05) is 30.1 Å².